The van der Waals surface area contributed by atoms with Gasteiger partial charge in [0, 0.05) is 17.7 Å². The summed E-state index contributed by atoms with van der Waals surface area (Å²) in [5.41, 5.74) is 0.933. The molecular formula is C14H13BrClN3O2. The number of benzene rings is 1. The van der Waals surface area contributed by atoms with Gasteiger partial charge in [-0.3, -0.25) is 9.59 Å². The van der Waals surface area contributed by atoms with Crippen molar-refractivity contribution in [2.24, 2.45) is 0 Å². The Morgan fingerprint density at radius 3 is 2.71 bits per heavy atom. The van der Waals surface area contributed by atoms with Crippen molar-refractivity contribution in [3.05, 3.63) is 51.7 Å². The molecule has 2 aromatic rings. The predicted octanol–water partition coefficient (Wildman–Crippen LogP) is 3.14. The lowest BCUT2D eigenvalue weighted by atomic mass is 10.3. The monoisotopic (exact) mass is 369 g/mol. The Kier molecular flexibility index (Phi) is 5.03. The molecular weight excluding hydrogens is 358 g/mol. The molecule has 0 bridgehead atoms. The number of rotatable bonds is 4. The summed E-state index contributed by atoms with van der Waals surface area (Å²) in [6, 6.07) is 8.58. The predicted molar refractivity (Wildman–Crippen MR) is 85.5 cm³/mol. The maximum Gasteiger partial charge on any atom is 0.270 e. The third-order valence-corrected chi connectivity index (χ3v) is 3.54. The molecule has 0 fully saturated rings. The van der Waals surface area contributed by atoms with Crippen LogP contribution in [-0.4, -0.2) is 35.3 Å². The number of halogens is 2. The van der Waals surface area contributed by atoms with Gasteiger partial charge >= 0.3 is 0 Å². The molecule has 2 rings (SSSR count). The Labute approximate surface area is 135 Å². The minimum atomic E-state index is -0.315. The van der Waals surface area contributed by atoms with Gasteiger partial charge in [0.15, 0.2) is 0 Å². The van der Waals surface area contributed by atoms with Gasteiger partial charge in [-0.2, -0.15) is 0 Å². The molecule has 2 N–H and O–H groups in total. The molecule has 21 heavy (non-hydrogen) atoms. The lowest BCUT2D eigenvalue weighted by Gasteiger charge is -2.16. The second-order valence-electron chi connectivity index (χ2n) is 4.42. The number of H-pyrrole nitrogens is 1. The molecule has 7 heteroatoms. The van der Waals surface area contributed by atoms with E-state index < -0.39 is 0 Å². The number of anilines is 1. The minimum Gasteiger partial charge on any atom is -0.356 e. The second-order valence-corrected chi connectivity index (χ2v) is 5.74. The average Bonchev–Trinajstić information content (AvgIpc) is 2.87. The number of hydrogen-bond acceptors (Lipinski definition) is 2. The summed E-state index contributed by atoms with van der Waals surface area (Å²) >= 11 is 9.22. The van der Waals surface area contributed by atoms with E-state index in [1.165, 1.54) is 4.90 Å². The first kappa shape index (κ1) is 15.6. The van der Waals surface area contributed by atoms with Crippen molar-refractivity contribution >= 4 is 45.0 Å². The van der Waals surface area contributed by atoms with E-state index in [2.05, 4.69) is 26.2 Å². The molecule has 0 atom stereocenters. The number of hydrogen-bond donors (Lipinski definition) is 2. The van der Waals surface area contributed by atoms with Crippen LogP contribution in [0.5, 0.6) is 0 Å². The van der Waals surface area contributed by atoms with Gasteiger partial charge in [0.1, 0.15) is 5.69 Å². The van der Waals surface area contributed by atoms with Crippen molar-refractivity contribution in [1.82, 2.24) is 9.88 Å². The maximum absolute atomic E-state index is 12.1. The first-order chi connectivity index (χ1) is 9.97. The van der Waals surface area contributed by atoms with Crippen LogP contribution < -0.4 is 5.32 Å². The number of carbonyl (C=O) groups excluding carboxylic acids is 2. The van der Waals surface area contributed by atoms with Gasteiger partial charge in [-0.15, -0.1) is 0 Å². The number of nitrogens with zero attached hydrogens (tertiary/aromatic N) is 1. The van der Waals surface area contributed by atoms with Crippen molar-refractivity contribution in [2.75, 3.05) is 18.9 Å². The first-order valence-electron chi connectivity index (χ1n) is 6.11. The van der Waals surface area contributed by atoms with Gasteiger partial charge in [0.2, 0.25) is 5.91 Å². The molecule has 0 spiro atoms. The topological polar surface area (TPSA) is 65.2 Å². The van der Waals surface area contributed by atoms with E-state index in [-0.39, 0.29) is 18.4 Å². The Hall–Kier alpha value is -1.79. The van der Waals surface area contributed by atoms with Gasteiger partial charge in [0.05, 0.1) is 17.3 Å². The summed E-state index contributed by atoms with van der Waals surface area (Å²) in [7, 11) is 1.56. The van der Waals surface area contributed by atoms with Crippen molar-refractivity contribution in [2.45, 2.75) is 0 Å². The normalized spacial score (nSPS) is 10.2. The SMILES string of the molecule is CN(CC(=O)Nc1ccccc1Cl)C(=O)c1cc(Br)c[nH]1. The molecule has 2 amide bonds. The van der Waals surface area contributed by atoms with E-state index >= 15 is 0 Å². The number of para-hydroxylation sites is 1. The van der Waals surface area contributed by atoms with Crippen LogP contribution >= 0.6 is 27.5 Å². The van der Waals surface area contributed by atoms with Crippen molar-refractivity contribution in [3.8, 4) is 0 Å². The van der Waals surface area contributed by atoms with Gasteiger partial charge in [-0.05, 0) is 34.1 Å². The Balaban J connectivity index is 1.96. The molecule has 0 saturated heterocycles. The standard InChI is InChI=1S/C14H13BrClN3O2/c1-19(14(21)12-6-9(15)7-17-12)8-13(20)18-11-5-3-2-4-10(11)16/h2-7,17H,8H2,1H3,(H,18,20). The fraction of sp³-hybridized carbons (Fsp3) is 0.143. The number of likely N-dealkylation sites (N-methyl/N-ethyl adjacent to an activating group) is 1. The largest absolute Gasteiger partial charge is 0.356 e. The fourth-order valence-electron chi connectivity index (χ4n) is 1.74. The van der Waals surface area contributed by atoms with Crippen LogP contribution in [0.25, 0.3) is 0 Å². The first-order valence-corrected chi connectivity index (χ1v) is 7.28. The van der Waals surface area contributed by atoms with Gasteiger partial charge < -0.3 is 15.2 Å². The third kappa shape index (κ3) is 4.09. The average molecular weight is 371 g/mol. The highest BCUT2D eigenvalue weighted by atomic mass is 79.9. The molecule has 0 saturated carbocycles. The summed E-state index contributed by atoms with van der Waals surface area (Å²) in [5.74, 6) is -0.584. The number of aromatic nitrogens is 1. The van der Waals surface area contributed by atoms with E-state index in [0.717, 1.165) is 4.47 Å². The Morgan fingerprint density at radius 1 is 1.38 bits per heavy atom. The molecule has 1 heterocycles. The van der Waals surface area contributed by atoms with E-state index in [1.54, 1.807) is 43.6 Å². The molecule has 0 aliphatic carbocycles. The van der Waals surface area contributed by atoms with Crippen LogP contribution in [-0.2, 0) is 4.79 Å². The molecule has 5 nitrogen and oxygen atoms in total. The lowest BCUT2D eigenvalue weighted by molar-refractivity contribution is -0.116. The molecule has 110 valence electrons. The van der Waals surface area contributed by atoms with Gasteiger partial charge in [-0.1, -0.05) is 23.7 Å². The Bertz CT molecular complexity index is 672. The highest BCUT2D eigenvalue weighted by Gasteiger charge is 2.16. The zero-order valence-corrected chi connectivity index (χ0v) is 13.5. The highest BCUT2D eigenvalue weighted by molar-refractivity contribution is 9.10. The number of amides is 2. The van der Waals surface area contributed by atoms with Crippen LogP contribution in [0.15, 0.2) is 41.0 Å². The third-order valence-electron chi connectivity index (χ3n) is 2.75. The molecule has 0 aliphatic rings. The van der Waals surface area contributed by atoms with E-state index in [4.69, 9.17) is 11.6 Å². The van der Waals surface area contributed by atoms with Gasteiger partial charge in [-0.25, -0.2) is 0 Å². The van der Waals surface area contributed by atoms with Crippen LogP contribution in [0.3, 0.4) is 0 Å². The van der Waals surface area contributed by atoms with E-state index in [0.29, 0.717) is 16.4 Å². The molecule has 0 radical (unpaired) electrons. The molecule has 1 aromatic heterocycles. The Morgan fingerprint density at radius 2 is 2.10 bits per heavy atom. The van der Waals surface area contributed by atoms with Gasteiger partial charge in [0.25, 0.3) is 5.91 Å². The summed E-state index contributed by atoms with van der Waals surface area (Å²) in [6.07, 6.45) is 1.66. The van der Waals surface area contributed by atoms with Crippen molar-refractivity contribution in [1.29, 1.82) is 0 Å². The lowest BCUT2D eigenvalue weighted by Crippen LogP contribution is -2.35. The van der Waals surface area contributed by atoms with Crippen LogP contribution in [0.4, 0.5) is 5.69 Å². The van der Waals surface area contributed by atoms with Crippen LogP contribution in [0, 0.1) is 0 Å². The molecule has 0 unspecified atom stereocenters. The smallest absolute Gasteiger partial charge is 0.270 e. The van der Waals surface area contributed by atoms with E-state index in [9.17, 15) is 9.59 Å². The maximum atomic E-state index is 12.1. The number of aromatic amines is 1. The molecule has 1 aromatic carbocycles. The minimum absolute atomic E-state index is 0.0688. The van der Waals surface area contributed by atoms with Crippen molar-refractivity contribution in [3.63, 3.8) is 0 Å². The summed E-state index contributed by atoms with van der Waals surface area (Å²) in [5, 5.41) is 3.12. The number of nitrogens with one attached hydrogen (secondary N) is 2. The number of carbonyl (C=O) groups is 2. The summed E-state index contributed by atoms with van der Waals surface area (Å²) in [4.78, 5) is 28.2. The van der Waals surface area contributed by atoms with E-state index in [1.807, 2.05) is 0 Å². The van der Waals surface area contributed by atoms with Crippen LogP contribution in [0.1, 0.15) is 10.5 Å². The van der Waals surface area contributed by atoms with Crippen molar-refractivity contribution < 1.29 is 9.59 Å². The van der Waals surface area contributed by atoms with Crippen LogP contribution in [0.2, 0.25) is 5.02 Å². The fourth-order valence-corrected chi connectivity index (χ4v) is 2.26. The second kappa shape index (κ2) is 6.78. The zero-order valence-electron chi connectivity index (χ0n) is 11.2. The summed E-state index contributed by atoms with van der Waals surface area (Å²) in [6.45, 7) is -0.0688. The quantitative estimate of drug-likeness (QED) is 0.868. The zero-order chi connectivity index (χ0) is 15.4. The molecule has 0 aliphatic heterocycles. The highest BCUT2D eigenvalue weighted by Crippen LogP contribution is 2.20. The summed E-state index contributed by atoms with van der Waals surface area (Å²) < 4.78 is 0.778.